The third kappa shape index (κ3) is 5.87. The molecule has 1 atom stereocenters. The number of amides is 1. The van der Waals surface area contributed by atoms with Gasteiger partial charge in [-0.15, -0.1) is 6.42 Å². The second kappa shape index (κ2) is 11.8. The second-order valence-corrected chi connectivity index (χ2v) is 8.85. The average molecular weight is 516 g/mol. The number of carbonyl (C=O) groups excluding carboxylic acids is 1. The van der Waals surface area contributed by atoms with Crippen molar-refractivity contribution in [3.05, 3.63) is 104 Å². The monoisotopic (exact) mass is 515 g/mol. The molecule has 4 aromatic rings. The van der Waals surface area contributed by atoms with Gasteiger partial charge in [0.05, 0.1) is 30.1 Å². The van der Waals surface area contributed by atoms with E-state index in [1.165, 1.54) is 4.57 Å². The van der Waals surface area contributed by atoms with Crippen LogP contribution in [0.15, 0.2) is 65.7 Å². The van der Waals surface area contributed by atoms with Gasteiger partial charge >= 0.3 is 0 Å². The average Bonchev–Trinajstić information content (AvgIpc) is 2.92. The summed E-state index contributed by atoms with van der Waals surface area (Å²) >= 11 is 6.67. The van der Waals surface area contributed by atoms with Crippen molar-refractivity contribution in [3.8, 4) is 12.3 Å². The molecule has 0 bridgehead atoms. The van der Waals surface area contributed by atoms with Crippen molar-refractivity contribution in [1.29, 1.82) is 0 Å². The van der Waals surface area contributed by atoms with Crippen molar-refractivity contribution in [3.63, 3.8) is 0 Å². The number of benzene rings is 2. The molecule has 0 radical (unpaired) electrons. The van der Waals surface area contributed by atoms with E-state index >= 15 is 0 Å². The molecular formula is C28H26ClN5O3. The number of hydrogen-bond acceptors (Lipinski definition) is 6. The van der Waals surface area contributed by atoms with Crippen LogP contribution >= 0.6 is 11.6 Å². The number of terminal acetylenes is 1. The highest BCUT2D eigenvalue weighted by Gasteiger charge is 2.20. The Hall–Kier alpha value is -4.03. The normalized spacial score (nSPS) is 11.7. The van der Waals surface area contributed by atoms with Gasteiger partial charge in [-0.1, -0.05) is 35.7 Å². The zero-order chi connectivity index (χ0) is 26.4. The molecule has 2 aromatic heterocycles. The maximum Gasteiger partial charge on any atom is 0.261 e. The molecule has 0 spiro atoms. The van der Waals surface area contributed by atoms with Gasteiger partial charge in [0.1, 0.15) is 5.82 Å². The van der Waals surface area contributed by atoms with Crippen LogP contribution < -0.4 is 16.2 Å². The van der Waals surface area contributed by atoms with E-state index in [1.54, 1.807) is 43.7 Å². The molecule has 2 aromatic carbocycles. The van der Waals surface area contributed by atoms with Crippen molar-refractivity contribution < 1.29 is 9.90 Å². The van der Waals surface area contributed by atoms with E-state index in [9.17, 15) is 14.7 Å². The molecule has 0 fully saturated rings. The number of hydrogen-bond donors (Lipinski definition) is 3. The number of aliphatic hydroxyl groups is 1. The number of pyridine rings is 1. The first kappa shape index (κ1) is 26.0. The van der Waals surface area contributed by atoms with E-state index in [-0.39, 0.29) is 31.0 Å². The SMILES string of the molecule is C#CCNC(c1ccc(C(=O)NCc2cccnc2)cc1)c1cc2c(=O)n(C)c(CCO)nc2cc1Cl. The minimum absolute atomic E-state index is 0.118. The number of aromatic nitrogens is 3. The molecule has 9 heteroatoms. The zero-order valence-corrected chi connectivity index (χ0v) is 21.0. The number of nitrogens with one attached hydrogen (secondary N) is 2. The standard InChI is InChI=1S/C28H26ClN5O3/c1-3-11-31-26(19-6-8-20(9-7-19)27(36)32-17-18-5-4-12-30-16-18)21-14-22-24(15-23(21)29)33-25(10-13-35)34(2)28(22)37/h1,4-9,12,14-16,26,31,35H,10-11,13,17H2,2H3,(H,32,36). The number of fused-ring (bicyclic) bond motifs is 1. The minimum Gasteiger partial charge on any atom is -0.396 e. The third-order valence-electron chi connectivity index (χ3n) is 6.02. The molecular weight excluding hydrogens is 490 g/mol. The van der Waals surface area contributed by atoms with Crippen LogP contribution in [0.1, 0.15) is 38.9 Å². The van der Waals surface area contributed by atoms with Gasteiger partial charge in [0.2, 0.25) is 0 Å². The van der Waals surface area contributed by atoms with Crippen molar-refractivity contribution in [1.82, 2.24) is 25.2 Å². The van der Waals surface area contributed by atoms with Gasteiger partial charge in [-0.3, -0.25) is 24.5 Å². The van der Waals surface area contributed by atoms with Crippen LogP contribution in [0.4, 0.5) is 0 Å². The van der Waals surface area contributed by atoms with Crippen molar-refractivity contribution >= 4 is 28.4 Å². The Kier molecular flexibility index (Phi) is 8.31. The van der Waals surface area contributed by atoms with Crippen LogP contribution in [-0.2, 0) is 20.0 Å². The lowest BCUT2D eigenvalue weighted by Crippen LogP contribution is -2.26. The molecule has 2 heterocycles. The van der Waals surface area contributed by atoms with Crippen molar-refractivity contribution in [2.75, 3.05) is 13.2 Å². The molecule has 4 rings (SSSR count). The lowest BCUT2D eigenvalue weighted by atomic mass is 9.96. The number of halogens is 1. The van der Waals surface area contributed by atoms with E-state index in [1.807, 2.05) is 24.3 Å². The number of nitrogens with zero attached hydrogens (tertiary/aromatic N) is 3. The van der Waals surface area contributed by atoms with E-state index in [0.717, 1.165) is 11.1 Å². The molecule has 3 N–H and O–H groups in total. The van der Waals surface area contributed by atoms with Crippen LogP contribution in [0.25, 0.3) is 10.9 Å². The Morgan fingerprint density at radius 1 is 1.24 bits per heavy atom. The first-order valence-corrected chi connectivity index (χ1v) is 12.0. The van der Waals surface area contributed by atoms with Gasteiger partial charge in [0.25, 0.3) is 11.5 Å². The molecule has 0 aliphatic carbocycles. The van der Waals surface area contributed by atoms with Crippen molar-refractivity contribution in [2.24, 2.45) is 7.05 Å². The quantitative estimate of drug-likeness (QED) is 0.296. The number of carbonyl (C=O) groups is 1. The summed E-state index contributed by atoms with van der Waals surface area (Å²) in [7, 11) is 1.63. The van der Waals surface area contributed by atoms with Gasteiger partial charge in [-0.05, 0) is 47.0 Å². The van der Waals surface area contributed by atoms with E-state index in [2.05, 4.69) is 26.5 Å². The molecule has 0 aliphatic rings. The fraction of sp³-hybridized carbons (Fsp3) is 0.214. The Labute approximate surface area is 219 Å². The van der Waals surface area contributed by atoms with Gasteiger partial charge in [-0.25, -0.2) is 4.98 Å². The van der Waals surface area contributed by atoms with Crippen LogP contribution in [-0.4, -0.2) is 38.7 Å². The Bertz CT molecular complexity index is 1510. The summed E-state index contributed by atoms with van der Waals surface area (Å²) in [6.45, 7) is 0.516. The number of rotatable bonds is 9. The maximum absolute atomic E-state index is 13.0. The van der Waals surface area contributed by atoms with Crippen molar-refractivity contribution in [2.45, 2.75) is 19.0 Å². The summed E-state index contributed by atoms with van der Waals surface area (Å²) in [5, 5.41) is 16.3. The molecule has 37 heavy (non-hydrogen) atoms. The molecule has 1 amide bonds. The summed E-state index contributed by atoms with van der Waals surface area (Å²) in [6, 6.07) is 13.8. The zero-order valence-electron chi connectivity index (χ0n) is 20.2. The smallest absolute Gasteiger partial charge is 0.261 e. The fourth-order valence-corrected chi connectivity index (χ4v) is 4.35. The van der Waals surface area contributed by atoms with Crippen LogP contribution in [0.3, 0.4) is 0 Å². The van der Waals surface area contributed by atoms with Gasteiger partial charge in [-0.2, -0.15) is 0 Å². The first-order valence-electron chi connectivity index (χ1n) is 11.7. The van der Waals surface area contributed by atoms with E-state index < -0.39 is 6.04 Å². The second-order valence-electron chi connectivity index (χ2n) is 8.44. The fourth-order valence-electron chi connectivity index (χ4n) is 4.08. The highest BCUT2D eigenvalue weighted by Crippen LogP contribution is 2.31. The summed E-state index contributed by atoms with van der Waals surface area (Å²) in [4.78, 5) is 34.2. The van der Waals surface area contributed by atoms with Crippen LogP contribution in [0.2, 0.25) is 5.02 Å². The third-order valence-corrected chi connectivity index (χ3v) is 6.35. The summed E-state index contributed by atoms with van der Waals surface area (Å²) < 4.78 is 1.43. The Morgan fingerprint density at radius 2 is 2.03 bits per heavy atom. The lowest BCUT2D eigenvalue weighted by molar-refractivity contribution is 0.0951. The highest BCUT2D eigenvalue weighted by atomic mass is 35.5. The summed E-state index contributed by atoms with van der Waals surface area (Å²) in [6.07, 6.45) is 9.15. The topological polar surface area (TPSA) is 109 Å². The first-order chi connectivity index (χ1) is 17.9. The highest BCUT2D eigenvalue weighted by molar-refractivity contribution is 6.32. The van der Waals surface area contributed by atoms with Crippen LogP contribution in [0, 0.1) is 12.3 Å². The van der Waals surface area contributed by atoms with Gasteiger partial charge in [0.15, 0.2) is 0 Å². The van der Waals surface area contributed by atoms with Crippen LogP contribution in [0.5, 0.6) is 0 Å². The molecule has 1 unspecified atom stereocenters. The predicted molar refractivity (Wildman–Crippen MR) is 143 cm³/mol. The van der Waals surface area contributed by atoms with Gasteiger partial charge < -0.3 is 10.4 Å². The molecule has 188 valence electrons. The molecule has 0 saturated heterocycles. The maximum atomic E-state index is 13.0. The molecule has 0 saturated carbocycles. The Balaban J connectivity index is 1.65. The predicted octanol–water partition coefficient (Wildman–Crippen LogP) is 2.76. The minimum atomic E-state index is -0.428. The largest absolute Gasteiger partial charge is 0.396 e. The summed E-state index contributed by atoms with van der Waals surface area (Å²) in [5.41, 5.74) is 3.11. The van der Waals surface area contributed by atoms with Gasteiger partial charge in [0, 0.05) is 43.0 Å². The number of aliphatic hydroxyl groups excluding tert-OH is 1. The Morgan fingerprint density at radius 3 is 2.70 bits per heavy atom. The lowest BCUT2D eigenvalue weighted by Gasteiger charge is -2.21. The molecule has 8 nitrogen and oxygen atoms in total. The van der Waals surface area contributed by atoms with E-state index in [0.29, 0.717) is 39.4 Å². The van der Waals surface area contributed by atoms with E-state index in [4.69, 9.17) is 18.0 Å². The molecule has 0 aliphatic heterocycles. The summed E-state index contributed by atoms with van der Waals surface area (Å²) in [5.74, 6) is 2.84.